The van der Waals surface area contributed by atoms with Gasteiger partial charge in [-0.05, 0) is 95.7 Å². The van der Waals surface area contributed by atoms with Crippen LogP contribution in [0.5, 0.6) is 0 Å². The van der Waals surface area contributed by atoms with Crippen molar-refractivity contribution in [3.63, 3.8) is 0 Å². The molecular formula is C40H24S. The topological polar surface area (TPSA) is 0 Å². The molecule has 0 radical (unpaired) electrons. The summed E-state index contributed by atoms with van der Waals surface area (Å²) in [6.07, 6.45) is 0. The monoisotopic (exact) mass is 536 g/mol. The molecule has 0 atom stereocenters. The fraction of sp³-hybridized carbons (Fsp3) is 0. The fourth-order valence-corrected chi connectivity index (χ4v) is 7.85. The van der Waals surface area contributed by atoms with Gasteiger partial charge in [0, 0.05) is 20.2 Å². The summed E-state index contributed by atoms with van der Waals surface area (Å²) < 4.78 is 2.68. The van der Waals surface area contributed by atoms with Gasteiger partial charge in [0.05, 0.1) is 0 Å². The minimum atomic E-state index is 1.27. The van der Waals surface area contributed by atoms with E-state index in [2.05, 4.69) is 146 Å². The molecular weight excluding hydrogens is 513 g/mol. The zero-order chi connectivity index (χ0) is 26.9. The second-order valence-electron chi connectivity index (χ2n) is 10.9. The summed E-state index contributed by atoms with van der Waals surface area (Å²) in [5.74, 6) is 0. The highest BCUT2D eigenvalue weighted by atomic mass is 32.1. The number of hydrogen-bond acceptors (Lipinski definition) is 1. The highest BCUT2D eigenvalue weighted by Crippen LogP contribution is 2.44. The highest BCUT2D eigenvalue weighted by Gasteiger charge is 2.16. The molecule has 1 aromatic heterocycles. The van der Waals surface area contributed by atoms with E-state index in [0.717, 1.165) is 0 Å². The zero-order valence-corrected chi connectivity index (χ0v) is 23.1. The SMILES string of the molecule is c1ccc2c(-c3cc4c5ccccc5c(-c5ccc6sc7ccccc7c6c5)cc4c4ccccc34)cccc2c1. The third-order valence-corrected chi connectivity index (χ3v) is 9.80. The normalized spacial score (nSPS) is 11.9. The molecule has 0 spiro atoms. The summed E-state index contributed by atoms with van der Waals surface area (Å²) in [4.78, 5) is 0. The van der Waals surface area contributed by atoms with Crippen LogP contribution in [0.3, 0.4) is 0 Å². The predicted octanol–water partition coefficient (Wildman–Crippen LogP) is 12.0. The summed E-state index contributed by atoms with van der Waals surface area (Å²) in [6, 6.07) is 53.8. The molecule has 0 aliphatic heterocycles. The maximum Gasteiger partial charge on any atom is 0.0355 e. The smallest absolute Gasteiger partial charge is 0.0355 e. The lowest BCUT2D eigenvalue weighted by Gasteiger charge is -2.17. The molecule has 190 valence electrons. The number of benzene rings is 8. The minimum absolute atomic E-state index is 1.27. The van der Waals surface area contributed by atoms with Crippen LogP contribution in [0.25, 0.3) is 85.5 Å². The molecule has 0 amide bonds. The Morgan fingerprint density at radius 3 is 1.63 bits per heavy atom. The third kappa shape index (κ3) is 3.40. The predicted molar refractivity (Wildman–Crippen MR) is 180 cm³/mol. The van der Waals surface area contributed by atoms with E-state index >= 15 is 0 Å². The van der Waals surface area contributed by atoms with E-state index < -0.39 is 0 Å². The minimum Gasteiger partial charge on any atom is -0.135 e. The standard InChI is InChI=1S/C40H24S/c1-2-12-27-25(10-1)11-9-18-28(27)35-24-37-30-14-4-3-13-29(30)34(23-36(37)32-16-6-5-15-31(32)35)26-20-21-40-38(22-26)33-17-7-8-19-39(33)41-40/h1-24H. The van der Waals surface area contributed by atoms with Crippen LogP contribution in [0.4, 0.5) is 0 Å². The zero-order valence-electron chi connectivity index (χ0n) is 22.3. The molecule has 9 rings (SSSR count). The van der Waals surface area contributed by atoms with E-state index in [-0.39, 0.29) is 0 Å². The van der Waals surface area contributed by atoms with Gasteiger partial charge in [-0.2, -0.15) is 0 Å². The Balaban J connectivity index is 1.39. The lowest BCUT2D eigenvalue weighted by molar-refractivity contribution is 1.70. The molecule has 41 heavy (non-hydrogen) atoms. The Bertz CT molecular complexity index is 2470. The maximum absolute atomic E-state index is 2.43. The van der Waals surface area contributed by atoms with E-state index in [1.165, 1.54) is 85.5 Å². The number of hydrogen-bond donors (Lipinski definition) is 0. The Morgan fingerprint density at radius 1 is 0.293 bits per heavy atom. The number of rotatable bonds is 2. The molecule has 9 aromatic rings. The lowest BCUT2D eigenvalue weighted by atomic mass is 9.86. The Morgan fingerprint density at radius 2 is 0.854 bits per heavy atom. The van der Waals surface area contributed by atoms with Crippen LogP contribution in [-0.4, -0.2) is 0 Å². The molecule has 0 aliphatic carbocycles. The van der Waals surface area contributed by atoms with E-state index in [9.17, 15) is 0 Å². The maximum atomic E-state index is 2.43. The second kappa shape index (κ2) is 8.76. The van der Waals surface area contributed by atoms with Crippen molar-refractivity contribution in [2.24, 2.45) is 0 Å². The van der Waals surface area contributed by atoms with E-state index in [0.29, 0.717) is 0 Å². The molecule has 0 bridgehead atoms. The van der Waals surface area contributed by atoms with E-state index in [4.69, 9.17) is 0 Å². The molecule has 1 heteroatoms. The fourth-order valence-electron chi connectivity index (χ4n) is 6.77. The van der Waals surface area contributed by atoms with Gasteiger partial charge in [-0.3, -0.25) is 0 Å². The molecule has 0 unspecified atom stereocenters. The first-order valence-electron chi connectivity index (χ1n) is 14.1. The first-order valence-corrected chi connectivity index (χ1v) is 14.9. The van der Waals surface area contributed by atoms with Crippen molar-refractivity contribution in [2.75, 3.05) is 0 Å². The van der Waals surface area contributed by atoms with Gasteiger partial charge in [0.25, 0.3) is 0 Å². The average molecular weight is 537 g/mol. The van der Waals surface area contributed by atoms with E-state index in [1.807, 2.05) is 11.3 Å². The number of fused-ring (bicyclic) bond motifs is 9. The van der Waals surface area contributed by atoms with Crippen LogP contribution in [0.2, 0.25) is 0 Å². The van der Waals surface area contributed by atoms with Crippen LogP contribution in [0, 0.1) is 0 Å². The van der Waals surface area contributed by atoms with Crippen molar-refractivity contribution in [3.8, 4) is 22.3 Å². The van der Waals surface area contributed by atoms with Gasteiger partial charge in [0.15, 0.2) is 0 Å². The van der Waals surface area contributed by atoms with Gasteiger partial charge in [0.1, 0.15) is 0 Å². The quantitative estimate of drug-likeness (QED) is 0.193. The first-order chi connectivity index (χ1) is 20.3. The Labute approximate surface area is 241 Å². The molecule has 0 nitrogen and oxygen atoms in total. The summed E-state index contributed by atoms with van der Waals surface area (Å²) in [5.41, 5.74) is 5.12. The summed E-state index contributed by atoms with van der Waals surface area (Å²) >= 11 is 1.87. The average Bonchev–Trinajstić information content (AvgIpc) is 3.42. The van der Waals surface area contributed by atoms with Gasteiger partial charge >= 0.3 is 0 Å². The van der Waals surface area contributed by atoms with E-state index in [1.54, 1.807) is 0 Å². The van der Waals surface area contributed by atoms with Crippen LogP contribution in [0.1, 0.15) is 0 Å². The van der Waals surface area contributed by atoms with Crippen molar-refractivity contribution >= 4 is 74.6 Å². The Hall–Kier alpha value is -4.98. The van der Waals surface area contributed by atoms with Gasteiger partial charge in [-0.25, -0.2) is 0 Å². The molecule has 0 saturated carbocycles. The van der Waals surface area contributed by atoms with Gasteiger partial charge in [0.2, 0.25) is 0 Å². The summed E-state index contributed by atoms with van der Waals surface area (Å²) in [7, 11) is 0. The number of thiophene rings is 1. The Kier molecular flexibility index (Phi) is 4.87. The largest absolute Gasteiger partial charge is 0.135 e. The van der Waals surface area contributed by atoms with Gasteiger partial charge < -0.3 is 0 Å². The highest BCUT2D eigenvalue weighted by molar-refractivity contribution is 7.25. The van der Waals surface area contributed by atoms with Crippen LogP contribution in [-0.2, 0) is 0 Å². The van der Waals surface area contributed by atoms with Crippen LogP contribution in [0.15, 0.2) is 146 Å². The van der Waals surface area contributed by atoms with Gasteiger partial charge in [-0.15, -0.1) is 11.3 Å². The lowest BCUT2D eigenvalue weighted by Crippen LogP contribution is -1.89. The van der Waals surface area contributed by atoms with Crippen molar-refractivity contribution in [1.82, 2.24) is 0 Å². The van der Waals surface area contributed by atoms with Crippen molar-refractivity contribution in [1.29, 1.82) is 0 Å². The van der Waals surface area contributed by atoms with Crippen molar-refractivity contribution in [3.05, 3.63) is 146 Å². The van der Waals surface area contributed by atoms with Gasteiger partial charge in [-0.1, -0.05) is 115 Å². The third-order valence-electron chi connectivity index (χ3n) is 8.65. The second-order valence-corrected chi connectivity index (χ2v) is 12.0. The first kappa shape index (κ1) is 22.8. The molecule has 8 aromatic carbocycles. The molecule has 0 fully saturated rings. The molecule has 1 heterocycles. The van der Waals surface area contributed by atoms with Crippen molar-refractivity contribution in [2.45, 2.75) is 0 Å². The molecule has 0 saturated heterocycles. The summed E-state index contributed by atoms with van der Waals surface area (Å²) in [6.45, 7) is 0. The summed E-state index contributed by atoms with van der Waals surface area (Å²) in [5, 5.41) is 13.0. The van der Waals surface area contributed by atoms with Crippen LogP contribution < -0.4 is 0 Å². The van der Waals surface area contributed by atoms with Crippen molar-refractivity contribution < 1.29 is 0 Å². The molecule has 0 aliphatic rings. The molecule has 0 N–H and O–H groups in total. The van der Waals surface area contributed by atoms with Crippen LogP contribution >= 0.6 is 11.3 Å².